The summed E-state index contributed by atoms with van der Waals surface area (Å²) in [5, 5.41) is 3.26. The second-order valence-corrected chi connectivity index (χ2v) is 4.02. The highest BCUT2D eigenvalue weighted by Gasteiger charge is 2.00. The Kier molecular flexibility index (Phi) is 7.06. The Balaban J connectivity index is 2.04. The van der Waals surface area contributed by atoms with Crippen LogP contribution < -0.4 is 5.32 Å². The largest absolute Gasteiger partial charge is 0.464 e. The van der Waals surface area contributed by atoms with Crippen LogP contribution in [0, 0.1) is 6.92 Å². The lowest BCUT2D eigenvalue weighted by Crippen LogP contribution is -2.21. The van der Waals surface area contributed by atoms with E-state index in [1.54, 1.807) is 6.92 Å². The summed E-state index contributed by atoms with van der Waals surface area (Å²) >= 11 is 0. The van der Waals surface area contributed by atoms with Gasteiger partial charge in [0.15, 0.2) is 0 Å². The van der Waals surface area contributed by atoms with Crippen LogP contribution in [-0.2, 0) is 20.8 Å². The van der Waals surface area contributed by atoms with Gasteiger partial charge in [0.1, 0.15) is 6.61 Å². The fourth-order valence-electron chi connectivity index (χ4n) is 1.56. The third kappa shape index (κ3) is 6.37. The van der Waals surface area contributed by atoms with E-state index in [4.69, 9.17) is 9.47 Å². The average Bonchev–Trinajstić information content (AvgIpc) is 2.34. The van der Waals surface area contributed by atoms with E-state index in [0.29, 0.717) is 19.8 Å². The van der Waals surface area contributed by atoms with Gasteiger partial charge >= 0.3 is 5.97 Å². The summed E-state index contributed by atoms with van der Waals surface area (Å²) in [6.45, 7) is 6.31. The minimum absolute atomic E-state index is 0.0277. The Bertz CT molecular complexity index is 366. The van der Waals surface area contributed by atoms with Crippen LogP contribution in [0.15, 0.2) is 24.3 Å². The average molecular weight is 251 g/mol. The summed E-state index contributed by atoms with van der Waals surface area (Å²) < 4.78 is 9.92. The SMILES string of the molecule is CCOC(=O)COCCNCc1cccc(C)c1. The fraction of sp³-hybridized carbons (Fsp3) is 0.500. The molecule has 0 spiro atoms. The molecule has 1 aromatic rings. The quantitative estimate of drug-likeness (QED) is 0.564. The summed E-state index contributed by atoms with van der Waals surface area (Å²) in [4.78, 5) is 11.0. The van der Waals surface area contributed by atoms with E-state index in [2.05, 4.69) is 30.4 Å². The maximum atomic E-state index is 11.0. The van der Waals surface area contributed by atoms with E-state index < -0.39 is 0 Å². The van der Waals surface area contributed by atoms with Gasteiger partial charge in [-0.15, -0.1) is 0 Å². The maximum Gasteiger partial charge on any atom is 0.332 e. The second kappa shape index (κ2) is 8.66. The van der Waals surface area contributed by atoms with Crippen LogP contribution in [0.1, 0.15) is 18.1 Å². The second-order valence-electron chi connectivity index (χ2n) is 4.02. The van der Waals surface area contributed by atoms with Crippen molar-refractivity contribution in [2.45, 2.75) is 20.4 Å². The molecule has 0 saturated carbocycles. The molecule has 0 amide bonds. The zero-order chi connectivity index (χ0) is 13.2. The first-order valence-corrected chi connectivity index (χ1v) is 6.22. The van der Waals surface area contributed by atoms with E-state index in [0.717, 1.165) is 6.54 Å². The predicted octanol–water partition coefficient (Wildman–Crippen LogP) is 1.66. The first-order valence-electron chi connectivity index (χ1n) is 6.22. The topological polar surface area (TPSA) is 47.6 Å². The van der Waals surface area contributed by atoms with Gasteiger partial charge in [0, 0.05) is 13.1 Å². The van der Waals surface area contributed by atoms with Gasteiger partial charge in [-0.25, -0.2) is 4.79 Å². The fourth-order valence-corrected chi connectivity index (χ4v) is 1.56. The number of carbonyl (C=O) groups excluding carboxylic acids is 1. The molecule has 0 aromatic heterocycles. The molecule has 0 unspecified atom stereocenters. The Morgan fingerprint density at radius 1 is 1.39 bits per heavy atom. The molecule has 4 heteroatoms. The molecule has 0 fully saturated rings. The Labute approximate surface area is 108 Å². The highest BCUT2D eigenvalue weighted by Crippen LogP contribution is 2.02. The lowest BCUT2D eigenvalue weighted by atomic mass is 10.1. The highest BCUT2D eigenvalue weighted by molar-refractivity contribution is 5.70. The van der Waals surface area contributed by atoms with E-state index in [9.17, 15) is 4.79 Å². The van der Waals surface area contributed by atoms with Crippen molar-refractivity contribution in [1.29, 1.82) is 0 Å². The zero-order valence-electron chi connectivity index (χ0n) is 11.1. The van der Waals surface area contributed by atoms with Crippen LogP contribution >= 0.6 is 0 Å². The molecule has 1 aromatic carbocycles. The third-order valence-electron chi connectivity index (χ3n) is 2.36. The molecule has 18 heavy (non-hydrogen) atoms. The zero-order valence-corrected chi connectivity index (χ0v) is 11.1. The monoisotopic (exact) mass is 251 g/mol. The van der Waals surface area contributed by atoms with Crippen molar-refractivity contribution in [3.63, 3.8) is 0 Å². The van der Waals surface area contributed by atoms with Gasteiger partial charge in [0.25, 0.3) is 0 Å². The van der Waals surface area contributed by atoms with Crippen LogP contribution in [-0.4, -0.2) is 32.3 Å². The lowest BCUT2D eigenvalue weighted by molar-refractivity contribution is -0.148. The van der Waals surface area contributed by atoms with E-state index in [1.807, 2.05) is 6.07 Å². The van der Waals surface area contributed by atoms with Crippen molar-refractivity contribution >= 4 is 5.97 Å². The Morgan fingerprint density at radius 3 is 2.94 bits per heavy atom. The van der Waals surface area contributed by atoms with Crippen LogP contribution in [0.3, 0.4) is 0 Å². The van der Waals surface area contributed by atoms with Gasteiger partial charge in [-0.1, -0.05) is 29.8 Å². The number of nitrogens with one attached hydrogen (secondary N) is 1. The molecule has 0 aliphatic carbocycles. The Morgan fingerprint density at radius 2 is 2.22 bits per heavy atom. The molecule has 1 N–H and O–H groups in total. The number of rotatable bonds is 8. The molecule has 100 valence electrons. The van der Waals surface area contributed by atoms with Crippen molar-refractivity contribution in [1.82, 2.24) is 5.32 Å². The number of hydrogen-bond donors (Lipinski definition) is 1. The lowest BCUT2D eigenvalue weighted by Gasteiger charge is -2.06. The first kappa shape index (κ1) is 14.7. The molecule has 0 radical (unpaired) electrons. The summed E-state index contributed by atoms with van der Waals surface area (Å²) in [6.07, 6.45) is 0. The molecule has 0 atom stereocenters. The number of esters is 1. The summed E-state index contributed by atoms with van der Waals surface area (Å²) in [7, 11) is 0. The van der Waals surface area contributed by atoms with Gasteiger partial charge < -0.3 is 14.8 Å². The number of aryl methyl sites for hydroxylation is 1. The minimum atomic E-state index is -0.309. The predicted molar refractivity (Wildman–Crippen MR) is 70.3 cm³/mol. The van der Waals surface area contributed by atoms with E-state index in [-0.39, 0.29) is 12.6 Å². The number of carbonyl (C=O) groups is 1. The summed E-state index contributed by atoms with van der Waals surface area (Å²) in [5.41, 5.74) is 2.51. The molecular weight excluding hydrogens is 230 g/mol. The van der Waals surface area contributed by atoms with Gasteiger partial charge in [-0.05, 0) is 19.4 Å². The number of hydrogen-bond acceptors (Lipinski definition) is 4. The number of benzene rings is 1. The molecule has 0 heterocycles. The van der Waals surface area contributed by atoms with E-state index >= 15 is 0 Å². The van der Waals surface area contributed by atoms with Gasteiger partial charge in [0.05, 0.1) is 13.2 Å². The first-order chi connectivity index (χ1) is 8.72. The molecular formula is C14H21NO3. The van der Waals surface area contributed by atoms with Crippen LogP contribution in [0.4, 0.5) is 0 Å². The standard InChI is InChI=1S/C14H21NO3/c1-3-18-14(16)11-17-8-7-15-10-13-6-4-5-12(2)9-13/h4-6,9,15H,3,7-8,10-11H2,1-2H3. The van der Waals surface area contributed by atoms with Crippen LogP contribution in [0.2, 0.25) is 0 Å². The smallest absolute Gasteiger partial charge is 0.332 e. The van der Waals surface area contributed by atoms with Gasteiger partial charge in [0.2, 0.25) is 0 Å². The summed E-state index contributed by atoms with van der Waals surface area (Å²) in [5.74, 6) is -0.309. The third-order valence-corrected chi connectivity index (χ3v) is 2.36. The normalized spacial score (nSPS) is 10.3. The van der Waals surface area contributed by atoms with Crippen molar-refractivity contribution in [3.8, 4) is 0 Å². The molecule has 0 saturated heterocycles. The highest BCUT2D eigenvalue weighted by atomic mass is 16.6. The summed E-state index contributed by atoms with van der Waals surface area (Å²) in [6, 6.07) is 8.35. The van der Waals surface area contributed by atoms with Crippen molar-refractivity contribution in [2.75, 3.05) is 26.4 Å². The molecule has 4 nitrogen and oxygen atoms in total. The molecule has 0 aliphatic heterocycles. The van der Waals surface area contributed by atoms with Crippen LogP contribution in [0.5, 0.6) is 0 Å². The molecule has 0 aliphatic rings. The van der Waals surface area contributed by atoms with E-state index in [1.165, 1.54) is 11.1 Å². The van der Waals surface area contributed by atoms with Crippen molar-refractivity contribution in [3.05, 3.63) is 35.4 Å². The van der Waals surface area contributed by atoms with Gasteiger partial charge in [-0.2, -0.15) is 0 Å². The molecule has 0 bridgehead atoms. The maximum absolute atomic E-state index is 11.0. The Hall–Kier alpha value is -1.39. The molecule has 1 rings (SSSR count). The minimum Gasteiger partial charge on any atom is -0.464 e. The van der Waals surface area contributed by atoms with Crippen molar-refractivity contribution < 1.29 is 14.3 Å². The van der Waals surface area contributed by atoms with Crippen LogP contribution in [0.25, 0.3) is 0 Å². The van der Waals surface area contributed by atoms with Gasteiger partial charge in [-0.3, -0.25) is 0 Å². The number of ether oxygens (including phenoxy) is 2. The van der Waals surface area contributed by atoms with Crippen molar-refractivity contribution in [2.24, 2.45) is 0 Å².